The topological polar surface area (TPSA) is 153 Å². The van der Waals surface area contributed by atoms with Crippen LogP contribution in [0.1, 0.15) is 76.1 Å². The van der Waals surface area contributed by atoms with E-state index in [4.69, 9.17) is 21.3 Å². The Kier molecular flexibility index (Phi) is 11.3. The van der Waals surface area contributed by atoms with Crippen LogP contribution in [0.4, 0.5) is 16.3 Å². The van der Waals surface area contributed by atoms with Gasteiger partial charge in [0.1, 0.15) is 17.7 Å². The Bertz CT molecular complexity index is 2140. The number of carbonyl (C=O) groups is 4. The van der Waals surface area contributed by atoms with E-state index in [1.807, 2.05) is 67.4 Å². The van der Waals surface area contributed by atoms with Gasteiger partial charge in [-0.1, -0.05) is 69.6 Å². The molecule has 13 nitrogen and oxygen atoms in total. The number of ether oxygens (including phenoxy) is 1. The van der Waals surface area contributed by atoms with Gasteiger partial charge in [-0.15, -0.1) is 0 Å². The van der Waals surface area contributed by atoms with Gasteiger partial charge >= 0.3 is 6.09 Å². The molecule has 4 unspecified atom stereocenters. The molecule has 2 aromatic heterocycles. The number of aromatic nitrogens is 3. The van der Waals surface area contributed by atoms with Crippen molar-refractivity contribution >= 4 is 46.9 Å². The molecule has 300 valence electrons. The van der Waals surface area contributed by atoms with Gasteiger partial charge in [-0.2, -0.15) is 0 Å². The molecule has 2 aliphatic heterocycles. The number of imidazole rings is 1. The number of benzene rings is 2. The molecule has 3 aliphatic rings. The molecular formula is C43H51ClN8O5. The van der Waals surface area contributed by atoms with Crippen molar-refractivity contribution in [2.45, 2.75) is 72.0 Å². The Labute approximate surface area is 338 Å². The van der Waals surface area contributed by atoms with Gasteiger partial charge in [0, 0.05) is 67.3 Å². The normalized spacial score (nSPS) is 20.6. The second kappa shape index (κ2) is 16.2. The first-order valence-electron chi connectivity index (χ1n) is 19.7. The summed E-state index contributed by atoms with van der Waals surface area (Å²) >= 11 is 6.75. The third-order valence-corrected chi connectivity index (χ3v) is 11.9. The number of halogens is 1. The molecule has 4 amide bonds. The van der Waals surface area contributed by atoms with Gasteiger partial charge in [0.2, 0.25) is 11.8 Å². The Hall–Kier alpha value is -5.43. The van der Waals surface area contributed by atoms with Crippen LogP contribution in [0.15, 0.2) is 67.0 Å². The van der Waals surface area contributed by atoms with Crippen molar-refractivity contribution in [3.63, 3.8) is 0 Å². The summed E-state index contributed by atoms with van der Waals surface area (Å²) in [6, 6.07) is 16.1. The lowest BCUT2D eigenvalue weighted by molar-refractivity contribution is -0.135. The highest BCUT2D eigenvalue weighted by Crippen LogP contribution is 2.52. The van der Waals surface area contributed by atoms with Crippen LogP contribution in [0.3, 0.4) is 0 Å². The van der Waals surface area contributed by atoms with Gasteiger partial charge < -0.3 is 35.1 Å². The molecule has 14 heteroatoms. The zero-order valence-corrected chi connectivity index (χ0v) is 34.1. The summed E-state index contributed by atoms with van der Waals surface area (Å²) in [6.07, 6.45) is 5.34. The molecule has 4 heterocycles. The number of rotatable bonds is 10. The predicted molar refractivity (Wildman–Crippen MR) is 220 cm³/mol. The first-order valence-corrected chi connectivity index (χ1v) is 20.1. The Morgan fingerprint density at radius 2 is 1.74 bits per heavy atom. The molecule has 4 atom stereocenters. The summed E-state index contributed by atoms with van der Waals surface area (Å²) in [5.41, 5.74) is 4.46. The van der Waals surface area contributed by atoms with Crippen molar-refractivity contribution in [1.29, 1.82) is 0 Å². The van der Waals surface area contributed by atoms with Crippen molar-refractivity contribution in [3.8, 4) is 22.4 Å². The van der Waals surface area contributed by atoms with E-state index in [2.05, 4.69) is 46.3 Å². The third-order valence-electron chi connectivity index (χ3n) is 11.6. The number of carbonyl (C=O) groups excluding carboxylic acids is 4. The Morgan fingerprint density at radius 1 is 1.00 bits per heavy atom. The summed E-state index contributed by atoms with van der Waals surface area (Å²) in [4.78, 5) is 70.3. The summed E-state index contributed by atoms with van der Waals surface area (Å²) in [6.45, 7) is 12.8. The lowest BCUT2D eigenvalue weighted by Crippen LogP contribution is -2.54. The van der Waals surface area contributed by atoms with E-state index < -0.39 is 12.1 Å². The molecule has 1 saturated carbocycles. The maximum Gasteiger partial charge on any atom is 0.407 e. The molecule has 4 aromatic rings. The summed E-state index contributed by atoms with van der Waals surface area (Å²) in [5.74, 6) is 1.31. The number of nitrogens with one attached hydrogen (secondary N) is 3. The molecule has 0 bridgehead atoms. The standard InChI is InChI=1S/C43H51ClN8O5/c1-25(2)37(49-42(56)57-6)41(55)52-17-7-8-35(52)38-46-23-34(48-38)28-11-9-27(10-12-28)31-15-14-30(20-33(31)44)47-39(53)29-13-16-36(45-22-29)51-19-18-50(24-26(51)3)40(54)32-21-43(32,4)5/h9-16,20,22-23,25-26,32,35,37H,7-8,17-19,21,24H2,1-6H3,(H,46,48)(H,47,53)(H,49,56). The Balaban J connectivity index is 0.950. The highest BCUT2D eigenvalue weighted by Gasteiger charge is 2.52. The number of pyridine rings is 1. The number of piperazine rings is 1. The second-order valence-corrected chi connectivity index (χ2v) is 16.8. The van der Waals surface area contributed by atoms with Crippen molar-refractivity contribution in [1.82, 2.24) is 30.1 Å². The summed E-state index contributed by atoms with van der Waals surface area (Å²) in [7, 11) is 1.28. The highest BCUT2D eigenvalue weighted by atomic mass is 35.5. The summed E-state index contributed by atoms with van der Waals surface area (Å²) in [5, 5.41) is 6.10. The SMILES string of the molecule is COC(=O)NC(C(=O)N1CCCC1c1nc(-c2ccc(-c3ccc(NC(=O)c4ccc(N5CCN(C(=O)C6CC6(C)C)CC5C)nc4)cc3Cl)cc2)c[nH]1)C(C)C. The number of nitrogens with zero attached hydrogens (tertiary/aromatic N) is 5. The van der Waals surface area contributed by atoms with Crippen LogP contribution in [-0.2, 0) is 14.3 Å². The zero-order valence-electron chi connectivity index (χ0n) is 33.3. The second-order valence-electron chi connectivity index (χ2n) is 16.4. The first kappa shape index (κ1) is 39.8. The van der Waals surface area contributed by atoms with E-state index in [9.17, 15) is 19.2 Å². The zero-order chi connectivity index (χ0) is 40.6. The highest BCUT2D eigenvalue weighted by molar-refractivity contribution is 6.33. The fourth-order valence-electron chi connectivity index (χ4n) is 8.00. The number of methoxy groups -OCH3 is 1. The van der Waals surface area contributed by atoms with Gasteiger partial charge in [0.15, 0.2) is 0 Å². The van der Waals surface area contributed by atoms with Crippen LogP contribution >= 0.6 is 11.6 Å². The fourth-order valence-corrected chi connectivity index (χ4v) is 8.29. The van der Waals surface area contributed by atoms with Crippen molar-refractivity contribution in [3.05, 3.63) is 83.4 Å². The number of hydrogen-bond donors (Lipinski definition) is 3. The summed E-state index contributed by atoms with van der Waals surface area (Å²) < 4.78 is 4.75. The molecule has 2 saturated heterocycles. The van der Waals surface area contributed by atoms with E-state index in [1.165, 1.54) is 7.11 Å². The molecule has 0 radical (unpaired) electrons. The minimum Gasteiger partial charge on any atom is -0.453 e. The van der Waals surface area contributed by atoms with E-state index in [1.54, 1.807) is 23.2 Å². The van der Waals surface area contributed by atoms with Gasteiger partial charge in [0.25, 0.3) is 5.91 Å². The number of aromatic amines is 1. The first-order chi connectivity index (χ1) is 27.2. The number of likely N-dealkylation sites (tertiary alicyclic amines) is 1. The fraction of sp³-hybridized carbons (Fsp3) is 0.442. The number of amides is 4. The van der Waals surface area contributed by atoms with E-state index >= 15 is 0 Å². The van der Waals surface area contributed by atoms with Gasteiger partial charge in [0.05, 0.1) is 29.4 Å². The number of H-pyrrole nitrogens is 1. The molecule has 3 N–H and O–H groups in total. The molecule has 0 spiro atoms. The van der Waals surface area contributed by atoms with Gasteiger partial charge in [-0.3, -0.25) is 14.4 Å². The van der Waals surface area contributed by atoms with Crippen LogP contribution in [-0.4, -0.2) is 93.9 Å². The molecule has 3 fully saturated rings. The van der Waals surface area contributed by atoms with Crippen LogP contribution in [0.2, 0.25) is 5.02 Å². The minimum absolute atomic E-state index is 0.112. The van der Waals surface area contributed by atoms with Crippen molar-refractivity contribution in [2.24, 2.45) is 17.3 Å². The maximum atomic E-state index is 13.5. The lowest BCUT2D eigenvalue weighted by atomic mass is 10.0. The maximum absolute atomic E-state index is 13.5. The Morgan fingerprint density at radius 3 is 2.37 bits per heavy atom. The quantitative estimate of drug-likeness (QED) is 0.153. The van der Waals surface area contributed by atoms with Crippen LogP contribution in [0.25, 0.3) is 22.4 Å². The number of anilines is 2. The van der Waals surface area contributed by atoms with E-state index in [-0.39, 0.29) is 47.1 Å². The van der Waals surface area contributed by atoms with E-state index in [0.717, 1.165) is 47.5 Å². The number of hydrogen-bond acceptors (Lipinski definition) is 8. The average Bonchev–Trinajstić information content (AvgIpc) is 3.54. The third kappa shape index (κ3) is 8.49. The van der Waals surface area contributed by atoms with Gasteiger partial charge in [-0.05, 0) is 67.3 Å². The molecular weight excluding hydrogens is 744 g/mol. The smallest absolute Gasteiger partial charge is 0.407 e. The monoisotopic (exact) mass is 794 g/mol. The minimum atomic E-state index is -0.700. The predicted octanol–water partition coefficient (Wildman–Crippen LogP) is 7.17. The van der Waals surface area contributed by atoms with Gasteiger partial charge in [-0.25, -0.2) is 14.8 Å². The lowest BCUT2D eigenvalue weighted by Gasteiger charge is -2.40. The molecule has 1 aliphatic carbocycles. The molecule has 2 aromatic carbocycles. The van der Waals surface area contributed by atoms with Crippen LogP contribution in [0.5, 0.6) is 0 Å². The number of alkyl carbamates (subject to hydrolysis) is 1. The van der Waals surface area contributed by atoms with Crippen molar-refractivity contribution in [2.75, 3.05) is 43.5 Å². The molecule has 57 heavy (non-hydrogen) atoms. The molecule has 7 rings (SSSR count). The van der Waals surface area contributed by atoms with Crippen LogP contribution in [0, 0.1) is 17.3 Å². The van der Waals surface area contributed by atoms with Crippen molar-refractivity contribution < 1.29 is 23.9 Å². The van der Waals surface area contributed by atoms with Crippen LogP contribution < -0.4 is 15.5 Å². The average molecular weight is 795 g/mol. The largest absolute Gasteiger partial charge is 0.453 e. The van der Waals surface area contributed by atoms with E-state index in [0.29, 0.717) is 48.3 Å².